The van der Waals surface area contributed by atoms with Gasteiger partial charge in [0.1, 0.15) is 28.9 Å². The second-order valence-corrected chi connectivity index (χ2v) is 18.0. The van der Waals surface area contributed by atoms with E-state index in [0.29, 0.717) is 59.0 Å². The Kier molecular flexibility index (Phi) is 25.9. The van der Waals surface area contributed by atoms with Gasteiger partial charge in [-0.1, -0.05) is 56.1 Å². The molecule has 2 aromatic heterocycles. The Balaban J connectivity index is 0.000000240. The van der Waals surface area contributed by atoms with Gasteiger partial charge in [-0.05, 0) is 134 Å². The van der Waals surface area contributed by atoms with Gasteiger partial charge in [-0.15, -0.1) is 12.4 Å². The van der Waals surface area contributed by atoms with Gasteiger partial charge >= 0.3 is 11.9 Å². The summed E-state index contributed by atoms with van der Waals surface area (Å²) in [5, 5.41) is 27.5. The summed E-state index contributed by atoms with van der Waals surface area (Å²) in [6.45, 7) is 13.4. The first-order valence-electron chi connectivity index (χ1n) is 24.9. The quantitative estimate of drug-likeness (QED) is 0.0317. The molecule has 9 rings (SSSR count). The molecule has 7 aromatic rings. The summed E-state index contributed by atoms with van der Waals surface area (Å²) >= 11 is 4.71. The molecule has 2 aliphatic heterocycles. The van der Waals surface area contributed by atoms with Crippen LogP contribution in [0.4, 0.5) is 17.1 Å². The Morgan fingerprint density at radius 3 is 1.58 bits per heavy atom. The first kappa shape index (κ1) is 64.3. The number of nitrogens with one attached hydrogen (secondary N) is 3. The van der Waals surface area contributed by atoms with Gasteiger partial charge in [-0.2, -0.15) is 0 Å². The third-order valence-electron chi connectivity index (χ3n) is 12.2. The summed E-state index contributed by atoms with van der Waals surface area (Å²) in [5.74, 6) is 1.09. The lowest BCUT2D eigenvalue weighted by molar-refractivity contribution is -0.112. The van der Waals surface area contributed by atoms with Crippen LogP contribution in [0, 0.1) is 11.8 Å². The van der Waals surface area contributed by atoms with Crippen molar-refractivity contribution < 1.29 is 53.2 Å². The minimum Gasteiger partial charge on any atom is -0.495 e. The maximum atomic E-state index is 13.0. The Morgan fingerprint density at radius 2 is 1.12 bits per heavy atom. The van der Waals surface area contributed by atoms with Crippen molar-refractivity contribution in [3.8, 4) is 17.2 Å². The highest BCUT2D eigenvalue weighted by molar-refractivity contribution is 6.66. The van der Waals surface area contributed by atoms with Crippen LogP contribution in [-0.4, -0.2) is 117 Å². The zero-order valence-electron chi connectivity index (χ0n) is 44.8. The fraction of sp³-hybridized carbons (Fsp3) is 0.220. The summed E-state index contributed by atoms with van der Waals surface area (Å²) in [4.78, 5) is 86.3. The molecule has 0 bridgehead atoms. The average Bonchev–Trinajstić information content (AvgIpc) is 4.18. The predicted octanol–water partition coefficient (Wildman–Crippen LogP) is 9.10. The molecule has 2 aliphatic rings. The molecular formula is C59H63Cl2N9O11. The number of carboxylic acid groups (broad SMARTS) is 2. The van der Waals surface area contributed by atoms with Crippen LogP contribution in [0.2, 0.25) is 0 Å². The normalized spacial score (nSPS) is 13.7. The topological polar surface area (TPSA) is 287 Å². The van der Waals surface area contributed by atoms with Crippen LogP contribution >= 0.6 is 24.0 Å². The van der Waals surface area contributed by atoms with E-state index in [-0.39, 0.29) is 47.0 Å². The Morgan fingerprint density at radius 1 is 0.667 bits per heavy atom. The number of likely N-dealkylation sites (tertiary alicyclic amines) is 1. The molecule has 2 fully saturated rings. The zero-order chi connectivity index (χ0) is 58.1. The van der Waals surface area contributed by atoms with E-state index in [0.717, 1.165) is 78.0 Å². The number of aromatic nitrogens is 4. The van der Waals surface area contributed by atoms with Gasteiger partial charge in [0.15, 0.2) is 0 Å². The summed E-state index contributed by atoms with van der Waals surface area (Å²) in [6.07, 6.45) is 11.0. The summed E-state index contributed by atoms with van der Waals surface area (Å²) in [6, 6.07) is 29.6. The molecule has 81 heavy (non-hydrogen) atoms. The summed E-state index contributed by atoms with van der Waals surface area (Å²) < 4.78 is 15.2. The van der Waals surface area contributed by atoms with Crippen molar-refractivity contribution in [1.82, 2.24) is 30.2 Å². The molecule has 0 saturated carbocycles. The first-order chi connectivity index (χ1) is 38.5. The number of aromatic carboxylic acids is 2. The van der Waals surface area contributed by atoms with E-state index >= 15 is 0 Å². The third-order valence-corrected chi connectivity index (χ3v) is 12.3. The Labute approximate surface area is 479 Å². The molecule has 0 spiro atoms. The van der Waals surface area contributed by atoms with Gasteiger partial charge in [-0.25, -0.2) is 29.5 Å². The van der Waals surface area contributed by atoms with Crippen LogP contribution in [0.15, 0.2) is 153 Å². The predicted molar refractivity (Wildman–Crippen MR) is 315 cm³/mol. The van der Waals surface area contributed by atoms with Crippen LogP contribution in [0.25, 0.3) is 21.8 Å². The Hall–Kier alpha value is -9.24. The number of hydrogen-bond acceptors (Lipinski definition) is 15. The molecule has 2 atom stereocenters. The number of halogens is 2. The van der Waals surface area contributed by atoms with E-state index in [2.05, 4.69) is 61.7 Å². The van der Waals surface area contributed by atoms with E-state index in [1.165, 1.54) is 70.2 Å². The number of para-hydroxylation sites is 2. The van der Waals surface area contributed by atoms with Gasteiger partial charge in [0.05, 0.1) is 60.6 Å². The monoisotopic (exact) mass is 1140 g/mol. The van der Waals surface area contributed by atoms with Crippen LogP contribution in [0.5, 0.6) is 17.2 Å². The number of allylic oxidation sites excluding steroid dienone is 1. The first-order valence-corrected chi connectivity index (χ1v) is 25.2. The standard InChI is InChI=1S/C24H24N4O3.C13H15N3.C11H11NO4.C8H9NO3.C3H3ClO.ClH/c1-3-23(29)27-20-9-8-17(13-21(20)31-2)24(30)28-11-10-16(15-28)12-22-25-14-18-6-4-5-7-19(18)26-22;1-2-4-12-11(3-1)9-15-13(16-12)7-10-5-6-14-8-10;1-3-10(13)12-8-5-4-7(11(14)15)6-9(8)16-2;1-12-7-4-5(8(10)11)2-3-6(7)9;1-2-3(4)5;/h3-9,13-14,16H,1,10-12,15H2,2H3,(H,27,29);1-4,9-10,14H,5-8H2;3-6H,1H2,2H3,(H,12,13)(H,14,15);2-4H,9H2,1H3,(H,10,11);2H,1H2;1H/t16-;10-;;;;/m00..../s1. The van der Waals surface area contributed by atoms with Gasteiger partial charge in [0.2, 0.25) is 17.1 Å². The number of amides is 3. The number of nitrogens with zero attached hydrogens (tertiary/aromatic N) is 5. The number of rotatable bonds is 15. The molecular weight excluding hydrogens is 1080 g/mol. The number of methoxy groups -OCH3 is 3. The van der Waals surface area contributed by atoms with E-state index in [1.54, 1.807) is 18.2 Å². The lowest BCUT2D eigenvalue weighted by atomic mass is 10.0. The number of nitrogens with two attached hydrogens (primary N) is 1. The smallest absolute Gasteiger partial charge is 0.335 e. The molecule has 3 amide bonds. The highest BCUT2D eigenvalue weighted by Gasteiger charge is 2.28. The number of benzene rings is 5. The van der Waals surface area contributed by atoms with Crippen LogP contribution in [0.3, 0.4) is 0 Å². The van der Waals surface area contributed by atoms with Crippen LogP contribution in [0.1, 0.15) is 55.6 Å². The molecule has 2 saturated heterocycles. The number of carboxylic acids is 2. The fourth-order valence-corrected chi connectivity index (χ4v) is 8.06. The molecule has 0 radical (unpaired) electrons. The van der Waals surface area contributed by atoms with Crippen molar-refractivity contribution in [3.05, 3.63) is 182 Å². The number of nitrogen functional groups attached to an aromatic ring is 1. The van der Waals surface area contributed by atoms with Crippen molar-refractivity contribution in [2.24, 2.45) is 11.8 Å². The highest BCUT2D eigenvalue weighted by Crippen LogP contribution is 2.29. The number of fused-ring (bicyclic) bond motifs is 2. The van der Waals surface area contributed by atoms with Gasteiger partial charge in [-0.3, -0.25) is 19.2 Å². The molecule has 4 heterocycles. The van der Waals surface area contributed by atoms with Crippen molar-refractivity contribution in [3.63, 3.8) is 0 Å². The molecule has 7 N–H and O–H groups in total. The van der Waals surface area contributed by atoms with Gasteiger partial charge in [0.25, 0.3) is 5.91 Å². The number of carbonyl (C=O) groups is 6. The Bertz CT molecular complexity index is 3360. The molecule has 0 aliphatic carbocycles. The lowest BCUT2D eigenvalue weighted by Crippen LogP contribution is -2.29. The average molecular weight is 1150 g/mol. The van der Waals surface area contributed by atoms with E-state index < -0.39 is 17.2 Å². The summed E-state index contributed by atoms with van der Waals surface area (Å²) in [7, 11) is 4.34. The molecule has 5 aromatic carbocycles. The lowest BCUT2D eigenvalue weighted by Gasteiger charge is -2.18. The minimum absolute atomic E-state index is 0. The van der Waals surface area contributed by atoms with Crippen molar-refractivity contribution >= 4 is 97.8 Å². The number of carbonyl (C=O) groups excluding carboxylic acids is 4. The minimum atomic E-state index is -1.06. The number of hydrogen-bond donors (Lipinski definition) is 6. The van der Waals surface area contributed by atoms with E-state index in [1.807, 2.05) is 59.8 Å². The second-order valence-electron chi connectivity index (χ2n) is 17.7. The molecule has 20 nitrogen and oxygen atoms in total. The second kappa shape index (κ2) is 32.6. The van der Waals surface area contributed by atoms with Crippen LogP contribution < -0.4 is 35.9 Å². The largest absolute Gasteiger partial charge is 0.495 e. The van der Waals surface area contributed by atoms with Crippen LogP contribution in [-0.2, 0) is 27.2 Å². The fourth-order valence-electron chi connectivity index (χ4n) is 8.06. The summed E-state index contributed by atoms with van der Waals surface area (Å²) in [5.41, 5.74) is 9.59. The zero-order valence-corrected chi connectivity index (χ0v) is 46.4. The maximum absolute atomic E-state index is 13.0. The van der Waals surface area contributed by atoms with Gasteiger partial charge in [0, 0.05) is 54.7 Å². The number of anilines is 3. The third kappa shape index (κ3) is 19.9. The van der Waals surface area contributed by atoms with Crippen molar-refractivity contribution in [1.29, 1.82) is 0 Å². The van der Waals surface area contributed by atoms with Crippen molar-refractivity contribution in [2.45, 2.75) is 25.7 Å². The van der Waals surface area contributed by atoms with E-state index in [4.69, 9.17) is 41.8 Å². The maximum Gasteiger partial charge on any atom is 0.335 e. The highest BCUT2D eigenvalue weighted by atomic mass is 35.5. The molecule has 424 valence electrons. The van der Waals surface area contributed by atoms with Crippen molar-refractivity contribution in [2.75, 3.05) is 63.9 Å². The number of ether oxygens (including phenoxy) is 3. The molecule has 22 heteroatoms. The molecule has 0 unspecified atom stereocenters. The SMILES string of the molecule is C=CC(=O)Cl.C=CC(=O)Nc1ccc(C(=O)N2CC[C@@H](Cc3ncc4ccccc4n3)C2)cc1OC.C=CC(=O)Nc1ccc(C(=O)O)cc1OC.COc1cc(C(=O)O)ccc1N.Cl.c1ccc2nc(C[C@@H]3CCNC3)ncc2c1. The van der Waals surface area contributed by atoms with Gasteiger partial charge < -0.3 is 51.0 Å². The van der Waals surface area contributed by atoms with E-state index in [9.17, 15) is 28.8 Å².